The van der Waals surface area contributed by atoms with Crippen LogP contribution in [0.3, 0.4) is 0 Å². The number of hydrogen-bond donors (Lipinski definition) is 0. The lowest BCUT2D eigenvalue weighted by molar-refractivity contribution is 0.281. The van der Waals surface area contributed by atoms with Gasteiger partial charge in [0.2, 0.25) is 0 Å². The van der Waals surface area contributed by atoms with Gasteiger partial charge in [0, 0.05) is 18.3 Å². The van der Waals surface area contributed by atoms with E-state index in [9.17, 15) is 0 Å². The van der Waals surface area contributed by atoms with Gasteiger partial charge in [0.1, 0.15) is 17.2 Å². The first-order valence-electron chi connectivity index (χ1n) is 6.47. The molecule has 0 atom stereocenters. The molecule has 0 saturated heterocycles. The highest BCUT2D eigenvalue weighted by molar-refractivity contribution is 5.88. The fraction of sp³-hybridized carbons (Fsp3) is 0.533. The maximum Gasteiger partial charge on any atom is 0.135 e. The van der Waals surface area contributed by atoms with Gasteiger partial charge in [0.25, 0.3) is 0 Å². The van der Waals surface area contributed by atoms with Crippen LogP contribution in [-0.4, -0.2) is 33.1 Å². The van der Waals surface area contributed by atoms with Crippen LogP contribution in [0.1, 0.15) is 31.7 Å². The Morgan fingerprint density at radius 1 is 1.05 bits per heavy atom. The van der Waals surface area contributed by atoms with E-state index in [4.69, 9.17) is 14.2 Å². The molecule has 0 bridgehead atoms. The molecule has 1 aromatic rings. The molecular formula is C15H21NO3. The van der Waals surface area contributed by atoms with Crippen molar-refractivity contribution in [2.45, 2.75) is 31.7 Å². The van der Waals surface area contributed by atoms with Crippen LogP contribution in [-0.2, 0) is 0 Å². The molecule has 0 spiro atoms. The zero-order valence-corrected chi connectivity index (χ0v) is 12.0. The zero-order valence-electron chi connectivity index (χ0n) is 12.0. The fourth-order valence-corrected chi connectivity index (χ4v) is 2.20. The van der Waals surface area contributed by atoms with E-state index in [0.717, 1.165) is 18.4 Å². The van der Waals surface area contributed by atoms with Crippen LogP contribution >= 0.6 is 0 Å². The Morgan fingerprint density at radius 2 is 1.63 bits per heavy atom. The van der Waals surface area contributed by atoms with E-state index in [1.54, 1.807) is 21.3 Å². The molecular weight excluding hydrogens is 242 g/mol. The SMILES string of the molecule is COc1cc(OC)c(C=NC2(C)CCC2)c(OC)c1. The van der Waals surface area contributed by atoms with Crippen LogP contribution in [0.5, 0.6) is 17.2 Å². The molecule has 0 aliphatic heterocycles. The lowest BCUT2D eigenvalue weighted by Gasteiger charge is -2.34. The molecule has 0 radical (unpaired) electrons. The predicted octanol–water partition coefficient (Wildman–Crippen LogP) is 3.07. The molecule has 1 fully saturated rings. The number of ether oxygens (including phenoxy) is 3. The molecule has 0 unspecified atom stereocenters. The van der Waals surface area contributed by atoms with Crippen molar-refractivity contribution in [3.63, 3.8) is 0 Å². The topological polar surface area (TPSA) is 40.0 Å². The van der Waals surface area contributed by atoms with E-state index in [2.05, 4.69) is 11.9 Å². The zero-order chi connectivity index (χ0) is 13.9. The third kappa shape index (κ3) is 2.83. The van der Waals surface area contributed by atoms with Gasteiger partial charge in [-0.25, -0.2) is 0 Å². The molecule has 1 aliphatic rings. The monoisotopic (exact) mass is 263 g/mol. The van der Waals surface area contributed by atoms with Gasteiger partial charge in [0.05, 0.1) is 32.4 Å². The summed E-state index contributed by atoms with van der Waals surface area (Å²) in [6.07, 6.45) is 5.40. The van der Waals surface area contributed by atoms with Gasteiger partial charge >= 0.3 is 0 Å². The highest BCUT2D eigenvalue weighted by atomic mass is 16.5. The van der Waals surface area contributed by atoms with E-state index < -0.39 is 0 Å². The summed E-state index contributed by atoms with van der Waals surface area (Å²) in [6.45, 7) is 2.18. The van der Waals surface area contributed by atoms with Crippen LogP contribution in [0.2, 0.25) is 0 Å². The molecule has 0 heterocycles. The van der Waals surface area contributed by atoms with Crippen LogP contribution in [0.15, 0.2) is 17.1 Å². The van der Waals surface area contributed by atoms with Crippen LogP contribution < -0.4 is 14.2 Å². The van der Waals surface area contributed by atoms with Gasteiger partial charge in [0.15, 0.2) is 0 Å². The molecule has 2 rings (SSSR count). The smallest absolute Gasteiger partial charge is 0.135 e. The number of benzene rings is 1. The van der Waals surface area contributed by atoms with Crippen molar-refractivity contribution in [3.8, 4) is 17.2 Å². The van der Waals surface area contributed by atoms with Crippen LogP contribution in [0.4, 0.5) is 0 Å². The fourth-order valence-electron chi connectivity index (χ4n) is 2.20. The molecule has 19 heavy (non-hydrogen) atoms. The minimum atomic E-state index is 0.0793. The lowest BCUT2D eigenvalue weighted by Crippen LogP contribution is -2.30. The Kier molecular flexibility index (Phi) is 3.98. The summed E-state index contributed by atoms with van der Waals surface area (Å²) in [5.41, 5.74) is 0.939. The average Bonchev–Trinajstić information content (AvgIpc) is 2.41. The molecule has 4 nitrogen and oxygen atoms in total. The molecule has 1 aromatic carbocycles. The van der Waals surface area contributed by atoms with E-state index in [0.29, 0.717) is 17.2 Å². The average molecular weight is 263 g/mol. The Morgan fingerprint density at radius 3 is 2.00 bits per heavy atom. The normalized spacial score (nSPS) is 17.1. The Balaban J connectivity index is 2.36. The van der Waals surface area contributed by atoms with Crippen molar-refractivity contribution in [3.05, 3.63) is 17.7 Å². The second-order valence-corrected chi connectivity index (χ2v) is 5.05. The summed E-state index contributed by atoms with van der Waals surface area (Å²) in [5.74, 6) is 2.13. The minimum absolute atomic E-state index is 0.0793. The number of hydrogen-bond acceptors (Lipinski definition) is 4. The minimum Gasteiger partial charge on any atom is -0.496 e. The Hall–Kier alpha value is -1.71. The molecule has 0 N–H and O–H groups in total. The van der Waals surface area contributed by atoms with Gasteiger partial charge in [-0.15, -0.1) is 0 Å². The van der Waals surface area contributed by atoms with Gasteiger partial charge in [-0.2, -0.15) is 0 Å². The molecule has 1 saturated carbocycles. The quantitative estimate of drug-likeness (QED) is 0.766. The van der Waals surface area contributed by atoms with Crippen molar-refractivity contribution in [1.29, 1.82) is 0 Å². The first kappa shape index (κ1) is 13.7. The Labute approximate surface area is 114 Å². The van der Waals surface area contributed by atoms with E-state index in [1.807, 2.05) is 18.3 Å². The van der Waals surface area contributed by atoms with Gasteiger partial charge < -0.3 is 14.2 Å². The van der Waals surface area contributed by atoms with Crippen LogP contribution in [0.25, 0.3) is 0 Å². The molecule has 1 aliphatic carbocycles. The lowest BCUT2D eigenvalue weighted by atomic mass is 9.79. The summed E-state index contributed by atoms with van der Waals surface area (Å²) in [5, 5.41) is 0. The second-order valence-electron chi connectivity index (χ2n) is 5.05. The first-order valence-corrected chi connectivity index (χ1v) is 6.47. The van der Waals surface area contributed by atoms with E-state index in [-0.39, 0.29) is 5.54 Å². The van der Waals surface area contributed by atoms with Crippen molar-refractivity contribution in [1.82, 2.24) is 0 Å². The van der Waals surface area contributed by atoms with E-state index >= 15 is 0 Å². The number of nitrogens with zero attached hydrogens (tertiary/aromatic N) is 1. The second kappa shape index (κ2) is 5.51. The molecule has 0 amide bonds. The largest absolute Gasteiger partial charge is 0.496 e. The highest BCUT2D eigenvalue weighted by Gasteiger charge is 2.30. The van der Waals surface area contributed by atoms with Gasteiger partial charge in [-0.3, -0.25) is 4.99 Å². The molecule has 104 valence electrons. The summed E-state index contributed by atoms with van der Waals surface area (Å²) >= 11 is 0. The summed E-state index contributed by atoms with van der Waals surface area (Å²) in [4.78, 5) is 4.68. The summed E-state index contributed by atoms with van der Waals surface area (Å²) in [6, 6.07) is 3.68. The number of methoxy groups -OCH3 is 3. The van der Waals surface area contributed by atoms with Crippen LogP contribution in [0, 0.1) is 0 Å². The highest BCUT2D eigenvalue weighted by Crippen LogP contribution is 2.37. The number of rotatable bonds is 5. The van der Waals surface area contributed by atoms with Crippen molar-refractivity contribution < 1.29 is 14.2 Å². The van der Waals surface area contributed by atoms with Gasteiger partial charge in [-0.05, 0) is 26.2 Å². The Bertz CT molecular complexity index is 453. The summed E-state index contributed by atoms with van der Waals surface area (Å²) in [7, 11) is 4.89. The molecule has 0 aromatic heterocycles. The third-order valence-corrected chi connectivity index (χ3v) is 3.69. The van der Waals surface area contributed by atoms with Crippen molar-refractivity contribution in [2.75, 3.05) is 21.3 Å². The first-order chi connectivity index (χ1) is 9.11. The molecule has 4 heteroatoms. The maximum absolute atomic E-state index is 5.40. The maximum atomic E-state index is 5.40. The predicted molar refractivity (Wildman–Crippen MR) is 75.9 cm³/mol. The van der Waals surface area contributed by atoms with Crippen molar-refractivity contribution >= 4 is 6.21 Å². The third-order valence-electron chi connectivity index (χ3n) is 3.69. The summed E-state index contributed by atoms with van der Waals surface area (Å²) < 4.78 is 16.0. The van der Waals surface area contributed by atoms with E-state index in [1.165, 1.54) is 6.42 Å². The number of aliphatic imine (C=N–C) groups is 1. The van der Waals surface area contributed by atoms with Crippen molar-refractivity contribution in [2.24, 2.45) is 4.99 Å². The standard InChI is InChI=1S/C15H21NO3/c1-15(6-5-7-15)16-10-12-13(18-3)8-11(17-2)9-14(12)19-4/h8-10H,5-7H2,1-4H3. The van der Waals surface area contributed by atoms with Gasteiger partial charge in [-0.1, -0.05) is 0 Å².